The molecule has 1 heterocycles. The fourth-order valence-electron chi connectivity index (χ4n) is 3.11. The van der Waals surface area contributed by atoms with Crippen molar-refractivity contribution in [3.05, 3.63) is 69.3 Å². The molecule has 0 aromatic heterocycles. The van der Waals surface area contributed by atoms with Crippen LogP contribution in [0.5, 0.6) is 5.75 Å². The molecule has 9 heteroatoms. The van der Waals surface area contributed by atoms with Crippen molar-refractivity contribution in [3.63, 3.8) is 0 Å². The number of nitro groups is 1. The van der Waals surface area contributed by atoms with Gasteiger partial charge in [0.15, 0.2) is 0 Å². The molecule has 0 unspecified atom stereocenters. The van der Waals surface area contributed by atoms with Gasteiger partial charge < -0.3 is 10.1 Å². The first kappa shape index (κ1) is 20.0. The Hall–Kier alpha value is -3.75. The predicted molar refractivity (Wildman–Crippen MR) is 103 cm³/mol. The van der Waals surface area contributed by atoms with E-state index in [4.69, 9.17) is 4.74 Å². The summed E-state index contributed by atoms with van der Waals surface area (Å²) in [5.74, 6) is -0.938. The number of amides is 3. The van der Waals surface area contributed by atoms with Gasteiger partial charge in [0.2, 0.25) is 5.91 Å². The SMILES string of the molecule is COc1ccc(CCNC(=O)CCN2C(=O)c3cccc([N+](=O)[O-])c3C2=O)cc1. The van der Waals surface area contributed by atoms with Gasteiger partial charge in [0.25, 0.3) is 17.5 Å². The smallest absolute Gasteiger partial charge is 0.282 e. The van der Waals surface area contributed by atoms with Crippen LogP contribution in [0.2, 0.25) is 0 Å². The average molecular weight is 397 g/mol. The normalized spacial score (nSPS) is 12.7. The Morgan fingerprint density at radius 1 is 1.14 bits per heavy atom. The highest BCUT2D eigenvalue weighted by atomic mass is 16.6. The lowest BCUT2D eigenvalue weighted by Crippen LogP contribution is -2.35. The van der Waals surface area contributed by atoms with Gasteiger partial charge in [-0.1, -0.05) is 18.2 Å². The zero-order chi connectivity index (χ0) is 21.0. The number of hydrogen-bond donors (Lipinski definition) is 1. The minimum atomic E-state index is -0.747. The van der Waals surface area contributed by atoms with Crippen LogP contribution in [0.1, 0.15) is 32.7 Å². The van der Waals surface area contributed by atoms with Crippen molar-refractivity contribution in [1.29, 1.82) is 0 Å². The Morgan fingerprint density at radius 3 is 2.52 bits per heavy atom. The highest BCUT2D eigenvalue weighted by Crippen LogP contribution is 2.30. The van der Waals surface area contributed by atoms with E-state index in [0.29, 0.717) is 13.0 Å². The second-order valence-electron chi connectivity index (χ2n) is 6.42. The number of nitro benzene ring substituents is 1. The summed E-state index contributed by atoms with van der Waals surface area (Å²) in [5, 5.41) is 13.8. The Morgan fingerprint density at radius 2 is 1.86 bits per heavy atom. The van der Waals surface area contributed by atoms with Gasteiger partial charge in [-0.25, -0.2) is 0 Å². The molecule has 2 aromatic carbocycles. The maximum absolute atomic E-state index is 12.5. The molecule has 1 N–H and O–H groups in total. The van der Waals surface area contributed by atoms with Crippen LogP contribution in [0.3, 0.4) is 0 Å². The summed E-state index contributed by atoms with van der Waals surface area (Å²) >= 11 is 0. The highest BCUT2D eigenvalue weighted by molar-refractivity contribution is 6.23. The molecule has 9 nitrogen and oxygen atoms in total. The minimum absolute atomic E-state index is 0.0101. The summed E-state index contributed by atoms with van der Waals surface area (Å²) in [6.45, 7) is 0.261. The topological polar surface area (TPSA) is 119 Å². The van der Waals surface area contributed by atoms with Gasteiger partial charge in [-0.2, -0.15) is 0 Å². The van der Waals surface area contributed by atoms with Crippen LogP contribution < -0.4 is 10.1 Å². The van der Waals surface area contributed by atoms with Gasteiger partial charge in [-0.15, -0.1) is 0 Å². The second kappa shape index (κ2) is 8.51. The summed E-state index contributed by atoms with van der Waals surface area (Å²) < 4.78 is 5.09. The number of rotatable bonds is 8. The number of nitrogens with one attached hydrogen (secondary N) is 1. The first-order valence-corrected chi connectivity index (χ1v) is 8.95. The number of fused-ring (bicyclic) bond motifs is 1. The zero-order valence-electron chi connectivity index (χ0n) is 15.7. The molecular weight excluding hydrogens is 378 g/mol. The molecule has 150 valence electrons. The van der Waals surface area contributed by atoms with Crippen LogP contribution in [0, 0.1) is 10.1 Å². The molecule has 0 saturated carbocycles. The first-order chi connectivity index (χ1) is 13.9. The van der Waals surface area contributed by atoms with Crippen LogP contribution >= 0.6 is 0 Å². The number of imide groups is 1. The Labute approximate surface area is 166 Å². The van der Waals surface area contributed by atoms with Gasteiger partial charge in [0.05, 0.1) is 17.6 Å². The number of nitrogens with zero attached hydrogens (tertiary/aromatic N) is 2. The largest absolute Gasteiger partial charge is 0.497 e. The zero-order valence-corrected chi connectivity index (χ0v) is 15.7. The van der Waals surface area contributed by atoms with Crippen molar-refractivity contribution >= 4 is 23.4 Å². The third-order valence-corrected chi connectivity index (χ3v) is 4.63. The highest BCUT2D eigenvalue weighted by Gasteiger charge is 2.40. The number of carbonyl (C=O) groups excluding carboxylic acids is 3. The molecule has 0 spiro atoms. The molecule has 0 radical (unpaired) electrons. The summed E-state index contributed by atoms with van der Waals surface area (Å²) in [4.78, 5) is 48.2. The predicted octanol–water partition coefficient (Wildman–Crippen LogP) is 1.95. The summed E-state index contributed by atoms with van der Waals surface area (Å²) in [5.41, 5.74) is 0.387. The molecule has 0 atom stereocenters. The van der Waals surface area contributed by atoms with Crippen LogP contribution in [0.4, 0.5) is 5.69 Å². The molecule has 3 rings (SSSR count). The lowest BCUT2D eigenvalue weighted by atomic mass is 10.1. The van der Waals surface area contributed by atoms with E-state index in [1.165, 1.54) is 18.2 Å². The Balaban J connectivity index is 1.52. The van der Waals surface area contributed by atoms with Crippen LogP contribution in [0.25, 0.3) is 0 Å². The number of carbonyl (C=O) groups is 3. The molecule has 29 heavy (non-hydrogen) atoms. The second-order valence-corrected chi connectivity index (χ2v) is 6.42. The quantitative estimate of drug-likeness (QED) is 0.413. The lowest BCUT2D eigenvalue weighted by Gasteiger charge is -2.13. The van der Waals surface area contributed by atoms with Crippen molar-refractivity contribution < 1.29 is 24.0 Å². The van der Waals surface area contributed by atoms with Crippen LogP contribution in [-0.4, -0.2) is 47.7 Å². The van der Waals surface area contributed by atoms with E-state index < -0.39 is 22.4 Å². The van der Waals surface area contributed by atoms with Crippen molar-refractivity contribution in [2.24, 2.45) is 0 Å². The van der Waals surface area contributed by atoms with Crippen molar-refractivity contribution in [1.82, 2.24) is 10.2 Å². The Kier molecular flexibility index (Phi) is 5.87. The molecule has 0 fully saturated rings. The van der Waals surface area contributed by atoms with Gasteiger partial charge >= 0.3 is 0 Å². The van der Waals surface area contributed by atoms with E-state index in [1.54, 1.807) is 7.11 Å². The molecule has 3 amide bonds. The van der Waals surface area contributed by atoms with E-state index in [-0.39, 0.29) is 30.0 Å². The summed E-state index contributed by atoms with van der Waals surface area (Å²) in [7, 11) is 1.59. The Bertz CT molecular complexity index is 971. The summed E-state index contributed by atoms with van der Waals surface area (Å²) in [6.07, 6.45) is 0.539. The number of hydrogen-bond acceptors (Lipinski definition) is 6. The maximum atomic E-state index is 12.5. The number of ether oxygens (including phenoxy) is 1. The number of benzene rings is 2. The number of methoxy groups -OCH3 is 1. The van der Waals surface area contributed by atoms with E-state index in [9.17, 15) is 24.5 Å². The van der Waals surface area contributed by atoms with Gasteiger partial charge in [0.1, 0.15) is 11.3 Å². The third kappa shape index (κ3) is 4.23. The standard InChI is InChI=1S/C20H19N3O6/c1-29-14-7-5-13(6-8-14)9-11-21-17(24)10-12-22-19(25)15-3-2-4-16(23(27)28)18(15)20(22)26/h2-8H,9-12H2,1H3,(H,21,24). The molecule has 1 aliphatic rings. The van der Waals surface area contributed by atoms with Crippen molar-refractivity contribution in [2.75, 3.05) is 20.2 Å². The maximum Gasteiger partial charge on any atom is 0.282 e. The van der Waals surface area contributed by atoms with Crippen molar-refractivity contribution in [2.45, 2.75) is 12.8 Å². The molecule has 2 aromatic rings. The van der Waals surface area contributed by atoms with E-state index in [0.717, 1.165) is 16.2 Å². The van der Waals surface area contributed by atoms with E-state index in [2.05, 4.69) is 5.32 Å². The van der Waals surface area contributed by atoms with Gasteiger partial charge in [-0.05, 0) is 30.2 Å². The fraction of sp³-hybridized carbons (Fsp3) is 0.250. The van der Waals surface area contributed by atoms with Crippen LogP contribution in [-0.2, 0) is 11.2 Å². The monoisotopic (exact) mass is 397 g/mol. The fourth-order valence-corrected chi connectivity index (χ4v) is 3.11. The molecule has 0 saturated heterocycles. The lowest BCUT2D eigenvalue weighted by molar-refractivity contribution is -0.385. The van der Waals surface area contributed by atoms with E-state index >= 15 is 0 Å². The van der Waals surface area contributed by atoms with Crippen LogP contribution in [0.15, 0.2) is 42.5 Å². The van der Waals surface area contributed by atoms with E-state index in [1.807, 2.05) is 24.3 Å². The van der Waals surface area contributed by atoms with Gasteiger partial charge in [-0.3, -0.25) is 29.4 Å². The average Bonchev–Trinajstić information content (AvgIpc) is 2.97. The molecular formula is C20H19N3O6. The minimum Gasteiger partial charge on any atom is -0.497 e. The molecule has 0 bridgehead atoms. The van der Waals surface area contributed by atoms with Crippen molar-refractivity contribution in [3.8, 4) is 5.75 Å². The summed E-state index contributed by atoms with van der Waals surface area (Å²) in [6, 6.07) is 11.4. The van der Waals surface area contributed by atoms with Gasteiger partial charge in [0, 0.05) is 25.6 Å². The molecule has 0 aliphatic carbocycles. The first-order valence-electron chi connectivity index (χ1n) is 8.95. The molecule has 1 aliphatic heterocycles. The third-order valence-electron chi connectivity index (χ3n) is 4.63.